The van der Waals surface area contributed by atoms with Gasteiger partial charge in [0.15, 0.2) is 0 Å². The standard InChI is InChI=1S/C36H49P/c1-6-9-25-35(26-10-7-2)28-34(32-23-17-15-19-29(32)4)37(31-21-13-12-14-22-31)36(35,27-11-8-3)33-24-18-16-20-30(33)5/h12-24,34H,6-11,25-28H2,1-5H3. The van der Waals surface area contributed by atoms with E-state index in [9.17, 15) is 0 Å². The number of rotatable bonds is 12. The van der Waals surface area contributed by atoms with Crippen molar-refractivity contribution in [3.05, 3.63) is 101 Å². The first-order valence-electron chi connectivity index (χ1n) is 15.0. The summed E-state index contributed by atoms with van der Waals surface area (Å²) in [5, 5.41) is 1.81. The molecule has 1 saturated heterocycles. The Labute approximate surface area is 229 Å². The second kappa shape index (κ2) is 12.8. The second-order valence-corrected chi connectivity index (χ2v) is 14.2. The van der Waals surface area contributed by atoms with E-state index in [0.717, 1.165) is 0 Å². The average molecular weight is 513 g/mol. The van der Waals surface area contributed by atoms with Crippen LogP contribution in [0.3, 0.4) is 0 Å². The van der Waals surface area contributed by atoms with Gasteiger partial charge in [0.25, 0.3) is 0 Å². The SMILES string of the molecule is CCCCC1(CCCC)CC(c2ccccc2C)P(c2ccccc2)C1(CCCC)c1ccccc1C. The lowest BCUT2D eigenvalue weighted by molar-refractivity contribution is 0.137. The van der Waals surface area contributed by atoms with E-state index >= 15 is 0 Å². The molecule has 198 valence electrons. The zero-order valence-electron chi connectivity index (χ0n) is 24.1. The van der Waals surface area contributed by atoms with Crippen LogP contribution in [0.15, 0.2) is 78.9 Å². The third-order valence-electron chi connectivity index (χ3n) is 9.27. The van der Waals surface area contributed by atoms with Crippen molar-refractivity contribution >= 4 is 13.2 Å². The van der Waals surface area contributed by atoms with Crippen molar-refractivity contribution in [2.75, 3.05) is 0 Å². The highest BCUT2D eigenvalue weighted by molar-refractivity contribution is 7.67. The number of unbranched alkanes of at least 4 members (excludes halogenated alkanes) is 3. The molecule has 37 heavy (non-hydrogen) atoms. The highest BCUT2D eigenvalue weighted by Gasteiger charge is 2.63. The summed E-state index contributed by atoms with van der Waals surface area (Å²) >= 11 is 0. The smallest absolute Gasteiger partial charge is 0.0259 e. The zero-order valence-corrected chi connectivity index (χ0v) is 25.0. The van der Waals surface area contributed by atoms with Gasteiger partial charge in [0, 0.05) is 10.8 Å². The van der Waals surface area contributed by atoms with Crippen LogP contribution in [0.4, 0.5) is 0 Å². The van der Waals surface area contributed by atoms with E-state index in [1.54, 1.807) is 16.4 Å². The minimum absolute atomic E-state index is 0.197. The van der Waals surface area contributed by atoms with Crippen molar-refractivity contribution in [3.8, 4) is 0 Å². The monoisotopic (exact) mass is 512 g/mol. The molecule has 1 aliphatic heterocycles. The normalized spacial score (nSPS) is 22.8. The summed E-state index contributed by atoms with van der Waals surface area (Å²) in [7, 11) is -0.469. The minimum atomic E-state index is -0.469. The molecule has 4 rings (SSSR count). The van der Waals surface area contributed by atoms with E-state index in [-0.39, 0.29) is 5.16 Å². The number of benzene rings is 3. The second-order valence-electron chi connectivity index (χ2n) is 11.5. The molecule has 0 amide bonds. The third-order valence-corrected chi connectivity index (χ3v) is 13.0. The van der Waals surface area contributed by atoms with Gasteiger partial charge >= 0.3 is 0 Å². The summed E-state index contributed by atoms with van der Waals surface area (Å²) in [6, 6.07) is 30.6. The maximum Gasteiger partial charge on any atom is 0.0259 e. The van der Waals surface area contributed by atoms with Crippen LogP contribution in [0.2, 0.25) is 0 Å². The third kappa shape index (κ3) is 5.34. The first kappa shape index (κ1) is 28.1. The fourth-order valence-electron chi connectivity index (χ4n) is 7.53. The molecule has 1 fully saturated rings. The van der Waals surface area contributed by atoms with Gasteiger partial charge in [-0.1, -0.05) is 146 Å². The fraction of sp³-hybridized carbons (Fsp3) is 0.500. The number of hydrogen-bond donors (Lipinski definition) is 0. The first-order chi connectivity index (χ1) is 18.0. The predicted octanol–water partition coefficient (Wildman–Crippen LogP) is 11.0. The molecule has 1 heterocycles. The van der Waals surface area contributed by atoms with Crippen LogP contribution in [0.1, 0.15) is 113 Å². The van der Waals surface area contributed by atoms with Gasteiger partial charge < -0.3 is 0 Å². The molecule has 0 aromatic heterocycles. The van der Waals surface area contributed by atoms with Crippen LogP contribution in [0, 0.1) is 19.3 Å². The lowest BCUT2D eigenvalue weighted by atomic mass is 9.61. The van der Waals surface area contributed by atoms with Crippen molar-refractivity contribution in [2.24, 2.45) is 5.41 Å². The Kier molecular flexibility index (Phi) is 9.69. The van der Waals surface area contributed by atoms with Gasteiger partial charge in [0.05, 0.1) is 0 Å². The summed E-state index contributed by atoms with van der Waals surface area (Å²) in [6.07, 6.45) is 13.2. The van der Waals surface area contributed by atoms with Crippen LogP contribution >= 0.6 is 7.92 Å². The molecule has 1 aliphatic rings. The van der Waals surface area contributed by atoms with Gasteiger partial charge in [-0.3, -0.25) is 0 Å². The summed E-state index contributed by atoms with van der Waals surface area (Å²) in [5.41, 5.74) is 7.19. The van der Waals surface area contributed by atoms with Gasteiger partial charge in [-0.2, -0.15) is 0 Å². The van der Waals surface area contributed by atoms with Crippen molar-refractivity contribution in [3.63, 3.8) is 0 Å². The first-order valence-corrected chi connectivity index (χ1v) is 16.4. The average Bonchev–Trinajstić information content (AvgIpc) is 3.21. The van der Waals surface area contributed by atoms with Crippen LogP contribution in [0.5, 0.6) is 0 Å². The Hall–Kier alpha value is -1.91. The van der Waals surface area contributed by atoms with Crippen molar-refractivity contribution in [1.82, 2.24) is 0 Å². The Morgan fingerprint density at radius 2 is 1.19 bits per heavy atom. The van der Waals surface area contributed by atoms with E-state index in [1.165, 1.54) is 75.3 Å². The molecule has 3 aromatic rings. The highest BCUT2D eigenvalue weighted by atomic mass is 31.1. The molecule has 0 bridgehead atoms. The molecule has 3 aromatic carbocycles. The Morgan fingerprint density at radius 1 is 0.649 bits per heavy atom. The quantitative estimate of drug-likeness (QED) is 0.212. The van der Waals surface area contributed by atoms with Crippen LogP contribution in [0.25, 0.3) is 0 Å². The largest absolute Gasteiger partial charge is 0.0654 e. The van der Waals surface area contributed by atoms with Crippen molar-refractivity contribution < 1.29 is 0 Å². The van der Waals surface area contributed by atoms with Crippen LogP contribution in [-0.4, -0.2) is 0 Å². The van der Waals surface area contributed by atoms with Gasteiger partial charge in [-0.25, -0.2) is 0 Å². The predicted molar refractivity (Wildman–Crippen MR) is 165 cm³/mol. The van der Waals surface area contributed by atoms with Gasteiger partial charge in [0.1, 0.15) is 0 Å². The van der Waals surface area contributed by atoms with Crippen molar-refractivity contribution in [1.29, 1.82) is 0 Å². The minimum Gasteiger partial charge on any atom is -0.0654 e. The molecular weight excluding hydrogens is 463 g/mol. The summed E-state index contributed by atoms with van der Waals surface area (Å²) in [6.45, 7) is 11.9. The van der Waals surface area contributed by atoms with Gasteiger partial charge in [-0.05, 0) is 72.5 Å². The van der Waals surface area contributed by atoms with E-state index in [4.69, 9.17) is 0 Å². The summed E-state index contributed by atoms with van der Waals surface area (Å²) in [5.74, 6) is 0. The van der Waals surface area contributed by atoms with E-state index in [2.05, 4.69) is 113 Å². The van der Waals surface area contributed by atoms with E-state index < -0.39 is 7.92 Å². The maximum atomic E-state index is 2.54. The summed E-state index contributed by atoms with van der Waals surface area (Å²) in [4.78, 5) is 0. The Balaban J connectivity index is 2.09. The molecule has 0 aliphatic carbocycles. The zero-order chi connectivity index (χ0) is 26.3. The highest BCUT2D eigenvalue weighted by Crippen LogP contribution is 2.82. The number of hydrogen-bond acceptors (Lipinski definition) is 0. The molecule has 0 saturated carbocycles. The Bertz CT molecular complexity index is 1110. The van der Waals surface area contributed by atoms with Crippen LogP contribution in [-0.2, 0) is 5.16 Å². The van der Waals surface area contributed by atoms with Gasteiger partial charge in [0.2, 0.25) is 0 Å². The lowest BCUT2D eigenvalue weighted by Gasteiger charge is -2.51. The van der Waals surface area contributed by atoms with E-state index in [1.807, 2.05) is 0 Å². The van der Waals surface area contributed by atoms with Gasteiger partial charge in [-0.15, -0.1) is 0 Å². The molecule has 0 nitrogen and oxygen atoms in total. The van der Waals surface area contributed by atoms with Crippen LogP contribution < -0.4 is 5.30 Å². The van der Waals surface area contributed by atoms with E-state index in [0.29, 0.717) is 11.1 Å². The molecule has 1 heteroatoms. The summed E-state index contributed by atoms with van der Waals surface area (Å²) < 4.78 is 0. The molecule has 0 spiro atoms. The topological polar surface area (TPSA) is 0 Å². The van der Waals surface area contributed by atoms with Crippen molar-refractivity contribution in [2.45, 2.75) is 110 Å². The number of aryl methyl sites for hydroxylation is 2. The molecular formula is C36H49P. The maximum absolute atomic E-state index is 2.54. The molecule has 3 unspecified atom stereocenters. The molecule has 3 atom stereocenters. The Morgan fingerprint density at radius 3 is 1.78 bits per heavy atom. The molecule has 0 radical (unpaired) electrons. The fourth-order valence-corrected chi connectivity index (χ4v) is 12.2. The lowest BCUT2D eigenvalue weighted by Crippen LogP contribution is -2.42. The molecule has 0 N–H and O–H groups in total.